The number of benzene rings is 1. The summed E-state index contributed by atoms with van der Waals surface area (Å²) in [6, 6.07) is 7.05. The van der Waals surface area contributed by atoms with Crippen molar-refractivity contribution in [1.29, 1.82) is 0 Å². The van der Waals surface area contributed by atoms with Gasteiger partial charge in [-0.15, -0.1) is 0 Å². The predicted molar refractivity (Wildman–Crippen MR) is 84.3 cm³/mol. The van der Waals surface area contributed by atoms with E-state index in [1.54, 1.807) is 12.1 Å². The molecule has 2 rings (SSSR count). The van der Waals surface area contributed by atoms with E-state index in [1.165, 1.54) is 0 Å². The Kier molecular flexibility index (Phi) is 5.20. The van der Waals surface area contributed by atoms with Gasteiger partial charge in [0.15, 0.2) is 0 Å². The van der Waals surface area contributed by atoms with Crippen LogP contribution in [0.4, 0.5) is 16.2 Å². The van der Waals surface area contributed by atoms with Gasteiger partial charge in [0.25, 0.3) is 0 Å². The number of carbonyl (C=O) groups is 2. The Labute approximate surface area is 125 Å². The molecule has 0 heterocycles. The average Bonchev–Trinajstić information content (AvgIpc) is 2.94. The van der Waals surface area contributed by atoms with Gasteiger partial charge in [0.1, 0.15) is 0 Å². The summed E-state index contributed by atoms with van der Waals surface area (Å²) in [5, 5.41) is 8.47. The van der Waals surface area contributed by atoms with Crippen molar-refractivity contribution in [2.24, 2.45) is 5.92 Å². The summed E-state index contributed by atoms with van der Waals surface area (Å²) >= 11 is 0. The minimum Gasteiger partial charge on any atom is -0.336 e. The Bertz CT molecular complexity index is 508. The summed E-state index contributed by atoms with van der Waals surface area (Å²) in [5.74, 6) is 0.147. The fourth-order valence-corrected chi connectivity index (χ4v) is 2.54. The lowest BCUT2D eigenvalue weighted by Gasteiger charge is -2.16. The monoisotopic (exact) mass is 289 g/mol. The zero-order chi connectivity index (χ0) is 15.2. The van der Waals surface area contributed by atoms with Crippen molar-refractivity contribution < 1.29 is 9.59 Å². The van der Waals surface area contributed by atoms with Gasteiger partial charge in [-0.1, -0.05) is 25.0 Å². The third-order valence-corrected chi connectivity index (χ3v) is 3.58. The largest absolute Gasteiger partial charge is 0.336 e. The first-order valence-electron chi connectivity index (χ1n) is 7.53. The van der Waals surface area contributed by atoms with Crippen LogP contribution in [0.3, 0.4) is 0 Å². The fraction of sp³-hybridized carbons (Fsp3) is 0.500. The van der Waals surface area contributed by atoms with Crippen molar-refractivity contribution in [2.45, 2.75) is 45.6 Å². The first-order chi connectivity index (χ1) is 10.1. The molecule has 0 unspecified atom stereocenters. The normalized spacial score (nSPS) is 15.0. The van der Waals surface area contributed by atoms with Crippen molar-refractivity contribution in [3.05, 3.63) is 24.3 Å². The molecule has 0 saturated heterocycles. The smallest absolute Gasteiger partial charge is 0.319 e. The second kappa shape index (κ2) is 7.11. The maximum Gasteiger partial charge on any atom is 0.319 e. The molecule has 5 heteroatoms. The van der Waals surface area contributed by atoms with Gasteiger partial charge >= 0.3 is 6.03 Å². The van der Waals surface area contributed by atoms with Crippen molar-refractivity contribution in [2.75, 3.05) is 10.6 Å². The van der Waals surface area contributed by atoms with Crippen LogP contribution in [0.5, 0.6) is 0 Å². The highest BCUT2D eigenvalue weighted by Crippen LogP contribution is 2.28. The van der Waals surface area contributed by atoms with Crippen molar-refractivity contribution in [3.8, 4) is 0 Å². The summed E-state index contributed by atoms with van der Waals surface area (Å²) in [7, 11) is 0. The predicted octanol–water partition coefficient (Wildman–Crippen LogP) is 3.35. The molecular weight excluding hydrogens is 266 g/mol. The zero-order valence-corrected chi connectivity index (χ0v) is 12.6. The Morgan fingerprint density at radius 1 is 1.05 bits per heavy atom. The molecule has 1 aromatic carbocycles. The molecule has 3 amide bonds. The summed E-state index contributed by atoms with van der Waals surface area (Å²) < 4.78 is 0. The van der Waals surface area contributed by atoms with Crippen LogP contribution in [0.15, 0.2) is 24.3 Å². The summed E-state index contributed by atoms with van der Waals surface area (Å²) in [4.78, 5) is 24.0. The highest BCUT2D eigenvalue weighted by molar-refractivity contribution is 5.99. The van der Waals surface area contributed by atoms with Gasteiger partial charge in [-0.05, 0) is 38.8 Å². The van der Waals surface area contributed by atoms with E-state index in [4.69, 9.17) is 0 Å². The standard InChI is InChI=1S/C16H23N3O2/c1-11(2)17-16(21)19-14-10-6-5-9-13(14)18-15(20)12-7-3-4-8-12/h5-6,9-12H,3-4,7-8H2,1-2H3,(H,18,20)(H2,17,19,21). The molecule has 0 bridgehead atoms. The van der Waals surface area contributed by atoms with E-state index in [0.29, 0.717) is 11.4 Å². The quantitative estimate of drug-likeness (QED) is 0.795. The van der Waals surface area contributed by atoms with Gasteiger partial charge in [-0.2, -0.15) is 0 Å². The Morgan fingerprint density at radius 2 is 1.62 bits per heavy atom. The van der Waals surface area contributed by atoms with Crippen LogP contribution in [-0.2, 0) is 4.79 Å². The fourth-order valence-electron chi connectivity index (χ4n) is 2.54. The second-order valence-corrected chi connectivity index (χ2v) is 5.77. The second-order valence-electron chi connectivity index (χ2n) is 5.77. The number of para-hydroxylation sites is 2. The van der Waals surface area contributed by atoms with E-state index in [9.17, 15) is 9.59 Å². The SMILES string of the molecule is CC(C)NC(=O)Nc1ccccc1NC(=O)C1CCCC1. The number of carbonyl (C=O) groups excluding carboxylic acids is 2. The molecule has 0 aromatic heterocycles. The number of rotatable bonds is 4. The Hall–Kier alpha value is -2.04. The molecule has 1 aliphatic rings. The first-order valence-corrected chi connectivity index (χ1v) is 7.53. The van der Waals surface area contributed by atoms with E-state index in [0.717, 1.165) is 25.7 Å². The zero-order valence-electron chi connectivity index (χ0n) is 12.6. The number of urea groups is 1. The molecule has 114 valence electrons. The molecule has 0 spiro atoms. The van der Waals surface area contributed by atoms with Crippen LogP contribution in [-0.4, -0.2) is 18.0 Å². The number of hydrogen-bond acceptors (Lipinski definition) is 2. The molecular formula is C16H23N3O2. The van der Waals surface area contributed by atoms with Crippen LogP contribution in [0.1, 0.15) is 39.5 Å². The summed E-state index contributed by atoms with van der Waals surface area (Å²) in [6.07, 6.45) is 4.15. The van der Waals surface area contributed by atoms with Crippen molar-refractivity contribution >= 4 is 23.3 Å². The van der Waals surface area contributed by atoms with Crippen LogP contribution in [0, 0.1) is 5.92 Å². The summed E-state index contributed by atoms with van der Waals surface area (Å²) in [6.45, 7) is 3.79. The highest BCUT2D eigenvalue weighted by atomic mass is 16.2. The average molecular weight is 289 g/mol. The van der Waals surface area contributed by atoms with Gasteiger partial charge in [0.2, 0.25) is 5.91 Å². The molecule has 3 N–H and O–H groups in total. The van der Waals surface area contributed by atoms with Crippen LogP contribution in [0.25, 0.3) is 0 Å². The van der Waals surface area contributed by atoms with E-state index >= 15 is 0 Å². The molecule has 1 saturated carbocycles. The van der Waals surface area contributed by atoms with Crippen LogP contribution >= 0.6 is 0 Å². The lowest BCUT2D eigenvalue weighted by atomic mass is 10.1. The lowest BCUT2D eigenvalue weighted by Crippen LogP contribution is -2.34. The van der Waals surface area contributed by atoms with Crippen molar-refractivity contribution in [3.63, 3.8) is 0 Å². The maximum atomic E-state index is 12.2. The molecule has 0 radical (unpaired) electrons. The minimum absolute atomic E-state index is 0.0472. The molecule has 1 fully saturated rings. The van der Waals surface area contributed by atoms with E-state index in [1.807, 2.05) is 26.0 Å². The van der Waals surface area contributed by atoms with Crippen LogP contribution < -0.4 is 16.0 Å². The number of amides is 3. The van der Waals surface area contributed by atoms with Crippen LogP contribution in [0.2, 0.25) is 0 Å². The molecule has 0 aliphatic heterocycles. The van der Waals surface area contributed by atoms with Gasteiger partial charge < -0.3 is 16.0 Å². The van der Waals surface area contributed by atoms with E-state index in [-0.39, 0.29) is 23.9 Å². The minimum atomic E-state index is -0.271. The lowest BCUT2D eigenvalue weighted by molar-refractivity contribution is -0.119. The van der Waals surface area contributed by atoms with E-state index in [2.05, 4.69) is 16.0 Å². The molecule has 1 aliphatic carbocycles. The first kappa shape index (κ1) is 15.4. The maximum absolute atomic E-state index is 12.2. The third kappa shape index (κ3) is 4.48. The Balaban J connectivity index is 2.02. The molecule has 0 atom stereocenters. The summed E-state index contributed by atoms with van der Waals surface area (Å²) in [5.41, 5.74) is 1.26. The molecule has 1 aromatic rings. The Morgan fingerprint density at radius 3 is 2.19 bits per heavy atom. The number of nitrogens with one attached hydrogen (secondary N) is 3. The molecule has 21 heavy (non-hydrogen) atoms. The number of hydrogen-bond donors (Lipinski definition) is 3. The topological polar surface area (TPSA) is 70.2 Å². The van der Waals surface area contributed by atoms with E-state index < -0.39 is 0 Å². The molecule has 5 nitrogen and oxygen atoms in total. The van der Waals surface area contributed by atoms with Gasteiger partial charge in [0.05, 0.1) is 11.4 Å². The number of anilines is 2. The van der Waals surface area contributed by atoms with Crippen molar-refractivity contribution in [1.82, 2.24) is 5.32 Å². The van der Waals surface area contributed by atoms with Gasteiger partial charge in [-0.3, -0.25) is 4.79 Å². The van der Waals surface area contributed by atoms with Gasteiger partial charge in [-0.25, -0.2) is 4.79 Å². The van der Waals surface area contributed by atoms with Gasteiger partial charge in [0, 0.05) is 12.0 Å². The third-order valence-electron chi connectivity index (χ3n) is 3.58. The highest BCUT2D eigenvalue weighted by Gasteiger charge is 2.23.